The van der Waals surface area contributed by atoms with Crippen molar-refractivity contribution in [1.82, 2.24) is 4.57 Å². The SMILES string of the molecule is CC(C)c1ccc(CC(=O)N=c2sc3cccc(Cl)c3n2C)cc1. The summed E-state index contributed by atoms with van der Waals surface area (Å²) in [4.78, 5) is 17.3. The van der Waals surface area contributed by atoms with Gasteiger partial charge in [-0.25, -0.2) is 0 Å². The van der Waals surface area contributed by atoms with Crippen LogP contribution in [0, 0.1) is 0 Å². The number of halogens is 1. The van der Waals surface area contributed by atoms with E-state index in [-0.39, 0.29) is 5.91 Å². The van der Waals surface area contributed by atoms with Gasteiger partial charge in [0.15, 0.2) is 4.80 Å². The first-order valence-electron chi connectivity index (χ1n) is 7.86. The van der Waals surface area contributed by atoms with Gasteiger partial charge >= 0.3 is 0 Å². The lowest BCUT2D eigenvalue weighted by atomic mass is 10.0. The van der Waals surface area contributed by atoms with Crippen LogP contribution in [0.1, 0.15) is 30.9 Å². The van der Waals surface area contributed by atoms with Crippen molar-refractivity contribution in [2.75, 3.05) is 0 Å². The number of benzene rings is 2. The lowest BCUT2D eigenvalue weighted by molar-refractivity contribution is -0.117. The minimum Gasteiger partial charge on any atom is -0.318 e. The molecule has 5 heteroatoms. The van der Waals surface area contributed by atoms with Crippen LogP contribution in [0.5, 0.6) is 0 Å². The predicted molar refractivity (Wildman–Crippen MR) is 101 cm³/mol. The largest absolute Gasteiger partial charge is 0.318 e. The summed E-state index contributed by atoms with van der Waals surface area (Å²) >= 11 is 7.72. The standard InChI is InChI=1S/C19H19ClN2OS/c1-12(2)14-9-7-13(8-10-14)11-17(23)21-19-22(3)18-15(20)5-4-6-16(18)24-19/h4-10,12H,11H2,1-3H3. The maximum atomic E-state index is 12.3. The van der Waals surface area contributed by atoms with Crippen molar-refractivity contribution in [2.45, 2.75) is 26.2 Å². The molecule has 0 saturated carbocycles. The average Bonchev–Trinajstić information content (AvgIpc) is 2.85. The van der Waals surface area contributed by atoms with Crippen LogP contribution in [0.3, 0.4) is 0 Å². The lowest BCUT2D eigenvalue weighted by Crippen LogP contribution is -2.14. The van der Waals surface area contributed by atoms with Crippen molar-refractivity contribution in [2.24, 2.45) is 12.0 Å². The molecule has 3 aromatic rings. The number of thiazole rings is 1. The highest BCUT2D eigenvalue weighted by atomic mass is 35.5. The van der Waals surface area contributed by atoms with Crippen molar-refractivity contribution in [3.05, 3.63) is 63.4 Å². The third-order valence-electron chi connectivity index (χ3n) is 4.00. The molecule has 3 nitrogen and oxygen atoms in total. The summed E-state index contributed by atoms with van der Waals surface area (Å²) in [5, 5.41) is 0.671. The van der Waals surface area contributed by atoms with E-state index in [9.17, 15) is 4.79 Å². The van der Waals surface area contributed by atoms with Gasteiger partial charge in [-0.3, -0.25) is 4.79 Å². The number of carbonyl (C=O) groups excluding carboxylic acids is 1. The zero-order valence-electron chi connectivity index (χ0n) is 13.9. The van der Waals surface area contributed by atoms with E-state index in [1.807, 2.05) is 41.9 Å². The molecule has 0 unspecified atom stereocenters. The second-order valence-corrected chi connectivity index (χ2v) is 7.53. The Morgan fingerprint density at radius 2 is 1.92 bits per heavy atom. The quantitative estimate of drug-likeness (QED) is 0.669. The summed E-state index contributed by atoms with van der Waals surface area (Å²) in [6.45, 7) is 4.31. The van der Waals surface area contributed by atoms with Gasteiger partial charge in [-0.15, -0.1) is 0 Å². The molecule has 2 aromatic carbocycles. The molecule has 0 aliphatic rings. The zero-order valence-corrected chi connectivity index (χ0v) is 15.5. The summed E-state index contributed by atoms with van der Waals surface area (Å²) < 4.78 is 2.90. The summed E-state index contributed by atoms with van der Waals surface area (Å²) in [6.07, 6.45) is 0.306. The van der Waals surface area contributed by atoms with Crippen LogP contribution in [0.4, 0.5) is 0 Å². The molecule has 0 spiro atoms. The topological polar surface area (TPSA) is 34.4 Å². The smallest absolute Gasteiger partial charge is 0.252 e. The van der Waals surface area contributed by atoms with Gasteiger partial charge in [0.2, 0.25) is 0 Å². The molecule has 0 radical (unpaired) electrons. The number of aryl methyl sites for hydroxylation is 1. The number of nitrogens with zero attached hydrogens (tertiary/aromatic N) is 2. The Morgan fingerprint density at radius 3 is 2.54 bits per heavy atom. The van der Waals surface area contributed by atoms with Gasteiger partial charge < -0.3 is 4.57 Å². The Kier molecular flexibility index (Phi) is 4.88. The van der Waals surface area contributed by atoms with Gasteiger partial charge in [0.1, 0.15) is 0 Å². The highest BCUT2D eigenvalue weighted by Gasteiger charge is 2.08. The number of rotatable bonds is 3. The number of hydrogen-bond donors (Lipinski definition) is 0. The normalized spacial score (nSPS) is 12.3. The number of para-hydroxylation sites is 1. The first kappa shape index (κ1) is 16.9. The molecule has 0 aliphatic carbocycles. The molecule has 0 fully saturated rings. The summed E-state index contributed by atoms with van der Waals surface area (Å²) in [6, 6.07) is 13.9. The van der Waals surface area contributed by atoms with E-state index in [1.165, 1.54) is 16.9 Å². The van der Waals surface area contributed by atoms with Gasteiger partial charge in [-0.2, -0.15) is 4.99 Å². The number of fused-ring (bicyclic) bond motifs is 1. The van der Waals surface area contributed by atoms with Crippen LogP contribution < -0.4 is 4.80 Å². The van der Waals surface area contributed by atoms with E-state index in [2.05, 4.69) is 31.0 Å². The second kappa shape index (κ2) is 6.91. The fraction of sp³-hybridized carbons (Fsp3) is 0.263. The molecule has 0 saturated heterocycles. The highest BCUT2D eigenvalue weighted by molar-refractivity contribution is 7.16. The van der Waals surface area contributed by atoms with Crippen molar-refractivity contribution in [1.29, 1.82) is 0 Å². The fourth-order valence-electron chi connectivity index (χ4n) is 2.60. The first-order valence-corrected chi connectivity index (χ1v) is 9.05. The van der Waals surface area contributed by atoms with Crippen molar-refractivity contribution in [3.63, 3.8) is 0 Å². The van der Waals surface area contributed by atoms with Crippen LogP contribution in [-0.4, -0.2) is 10.5 Å². The summed E-state index contributed by atoms with van der Waals surface area (Å²) in [7, 11) is 1.88. The number of carbonyl (C=O) groups is 1. The van der Waals surface area contributed by atoms with Gasteiger partial charge in [-0.1, -0.05) is 67.1 Å². The van der Waals surface area contributed by atoms with Crippen molar-refractivity contribution in [3.8, 4) is 0 Å². The monoisotopic (exact) mass is 358 g/mol. The van der Waals surface area contributed by atoms with E-state index in [1.54, 1.807) is 0 Å². The van der Waals surface area contributed by atoms with Gasteiger partial charge in [0.25, 0.3) is 5.91 Å². The van der Waals surface area contributed by atoms with Crippen LogP contribution in [0.15, 0.2) is 47.5 Å². The minimum atomic E-state index is -0.148. The Labute approximate surface area is 150 Å². The van der Waals surface area contributed by atoms with E-state index in [0.717, 1.165) is 15.8 Å². The molecule has 1 amide bonds. The lowest BCUT2D eigenvalue weighted by Gasteiger charge is -2.05. The van der Waals surface area contributed by atoms with Gasteiger partial charge in [0, 0.05) is 7.05 Å². The van der Waals surface area contributed by atoms with E-state index >= 15 is 0 Å². The molecule has 0 aliphatic heterocycles. The number of aromatic nitrogens is 1. The molecule has 1 heterocycles. The maximum Gasteiger partial charge on any atom is 0.252 e. The number of amides is 1. The zero-order chi connectivity index (χ0) is 17.3. The third-order valence-corrected chi connectivity index (χ3v) is 5.40. The Morgan fingerprint density at radius 1 is 1.21 bits per heavy atom. The Hall–Kier alpha value is -1.91. The molecule has 24 heavy (non-hydrogen) atoms. The number of hydrogen-bond acceptors (Lipinski definition) is 2. The molecule has 0 bridgehead atoms. The van der Waals surface area contributed by atoms with E-state index in [0.29, 0.717) is 22.2 Å². The highest BCUT2D eigenvalue weighted by Crippen LogP contribution is 2.24. The van der Waals surface area contributed by atoms with E-state index < -0.39 is 0 Å². The average molecular weight is 359 g/mol. The molecule has 0 N–H and O–H groups in total. The van der Waals surface area contributed by atoms with Crippen LogP contribution in [0.2, 0.25) is 5.02 Å². The van der Waals surface area contributed by atoms with Crippen LogP contribution >= 0.6 is 22.9 Å². The van der Waals surface area contributed by atoms with Crippen molar-refractivity contribution < 1.29 is 4.79 Å². The van der Waals surface area contributed by atoms with Gasteiger partial charge in [0.05, 0.1) is 21.7 Å². The summed E-state index contributed by atoms with van der Waals surface area (Å²) in [5.41, 5.74) is 3.17. The minimum absolute atomic E-state index is 0.148. The molecule has 1 aromatic heterocycles. The molecular weight excluding hydrogens is 340 g/mol. The molecular formula is C19H19ClN2OS. The van der Waals surface area contributed by atoms with Gasteiger partial charge in [-0.05, 0) is 29.2 Å². The Balaban J connectivity index is 1.87. The fourth-order valence-corrected chi connectivity index (χ4v) is 4.02. The molecule has 3 rings (SSSR count). The van der Waals surface area contributed by atoms with Crippen molar-refractivity contribution >= 4 is 39.1 Å². The summed E-state index contributed by atoms with van der Waals surface area (Å²) in [5.74, 6) is 0.340. The second-order valence-electron chi connectivity index (χ2n) is 6.11. The van der Waals surface area contributed by atoms with E-state index in [4.69, 9.17) is 11.6 Å². The third kappa shape index (κ3) is 3.45. The molecule has 124 valence electrons. The Bertz CT molecular complexity index is 952. The molecule has 0 atom stereocenters. The predicted octanol–water partition coefficient (Wildman–Crippen LogP) is 4.69. The van der Waals surface area contributed by atoms with Crippen LogP contribution in [-0.2, 0) is 18.3 Å². The van der Waals surface area contributed by atoms with Crippen LogP contribution in [0.25, 0.3) is 10.2 Å². The first-order chi connectivity index (χ1) is 11.5. The maximum absolute atomic E-state index is 12.3.